The predicted octanol–water partition coefficient (Wildman–Crippen LogP) is 16.4. The average molecular weight is 809 g/mol. The highest BCUT2D eigenvalue weighted by Gasteiger charge is 2.20. The number of aromatic nitrogens is 2. The van der Waals surface area contributed by atoms with Gasteiger partial charge >= 0.3 is 0 Å². The standard InChI is InChI=1S/C58H36N2OS/c1-4-16-37(17-5-1)45-35-48(54(38-18-6-2-7-19-38)49(36-45)43-30-31-52-50(34-43)46-26-10-12-28-51(46)61-52)42-24-14-22-40(32-42)41-23-15-25-44(33-41)58-59-55(39-20-8-3-9-21-39)57-56(60-58)47-27-11-13-29-53(47)62-57/h1-36H. The molecule has 0 aliphatic rings. The first-order chi connectivity index (χ1) is 30.7. The van der Waals surface area contributed by atoms with Crippen LogP contribution in [0.4, 0.5) is 0 Å². The first kappa shape index (κ1) is 36.0. The molecule has 9 aromatic carbocycles. The molecule has 0 aliphatic carbocycles. The molecule has 0 saturated carbocycles. The Bertz CT molecular complexity index is 3630. The Hall–Kier alpha value is -7.92. The van der Waals surface area contributed by atoms with Gasteiger partial charge in [0.05, 0.1) is 15.9 Å². The zero-order valence-corrected chi connectivity index (χ0v) is 34.3. The molecule has 0 atom stereocenters. The first-order valence-corrected chi connectivity index (χ1v) is 21.7. The largest absolute Gasteiger partial charge is 0.456 e. The third-order valence-electron chi connectivity index (χ3n) is 11.9. The first-order valence-electron chi connectivity index (χ1n) is 20.9. The van der Waals surface area contributed by atoms with Gasteiger partial charge in [0.1, 0.15) is 11.2 Å². The summed E-state index contributed by atoms with van der Waals surface area (Å²) in [7, 11) is 0. The molecule has 3 aromatic heterocycles. The highest BCUT2D eigenvalue weighted by atomic mass is 32.1. The Kier molecular flexibility index (Phi) is 8.68. The van der Waals surface area contributed by atoms with Crippen LogP contribution < -0.4 is 0 Å². The van der Waals surface area contributed by atoms with E-state index in [-0.39, 0.29) is 0 Å². The van der Waals surface area contributed by atoms with E-state index in [1.807, 2.05) is 12.1 Å². The van der Waals surface area contributed by atoms with Crippen molar-refractivity contribution in [3.8, 4) is 78.3 Å². The molecule has 0 bridgehead atoms. The molecule has 0 N–H and O–H groups in total. The Balaban J connectivity index is 1.04. The van der Waals surface area contributed by atoms with Gasteiger partial charge in [-0.3, -0.25) is 0 Å². The predicted molar refractivity (Wildman–Crippen MR) is 260 cm³/mol. The summed E-state index contributed by atoms with van der Waals surface area (Å²) in [5, 5.41) is 3.38. The summed E-state index contributed by atoms with van der Waals surface area (Å²) in [5.41, 5.74) is 17.3. The van der Waals surface area contributed by atoms with E-state index in [0.717, 1.165) is 98.9 Å². The SMILES string of the molecule is c1ccc(-c2cc(-c3cccc(-c4cccc(-c5nc(-c6ccccc6)c6sc7ccccc7c6n5)c4)c3)c(-c3ccccc3)c(-c3ccc4oc5ccccc5c4c3)c2)cc1. The van der Waals surface area contributed by atoms with Crippen molar-refractivity contribution >= 4 is 53.6 Å². The lowest BCUT2D eigenvalue weighted by molar-refractivity contribution is 0.669. The van der Waals surface area contributed by atoms with Gasteiger partial charge in [-0.1, -0.05) is 170 Å². The summed E-state index contributed by atoms with van der Waals surface area (Å²) < 4.78 is 8.60. The minimum Gasteiger partial charge on any atom is -0.456 e. The summed E-state index contributed by atoms with van der Waals surface area (Å²) >= 11 is 1.76. The van der Waals surface area contributed by atoms with E-state index in [1.165, 1.54) is 15.8 Å². The van der Waals surface area contributed by atoms with E-state index >= 15 is 0 Å². The lowest BCUT2D eigenvalue weighted by Gasteiger charge is -2.20. The quantitative estimate of drug-likeness (QED) is 0.161. The third kappa shape index (κ3) is 6.28. The van der Waals surface area contributed by atoms with Crippen LogP contribution in [0.5, 0.6) is 0 Å². The Morgan fingerprint density at radius 1 is 0.339 bits per heavy atom. The van der Waals surface area contributed by atoms with Crippen molar-refractivity contribution in [2.24, 2.45) is 0 Å². The van der Waals surface area contributed by atoms with Crippen molar-refractivity contribution in [2.45, 2.75) is 0 Å². The van der Waals surface area contributed by atoms with Gasteiger partial charge in [-0.2, -0.15) is 0 Å². The monoisotopic (exact) mass is 808 g/mol. The van der Waals surface area contributed by atoms with Gasteiger partial charge in [-0.05, 0) is 104 Å². The van der Waals surface area contributed by atoms with Gasteiger partial charge in [0.15, 0.2) is 5.82 Å². The summed E-state index contributed by atoms with van der Waals surface area (Å²) in [6.45, 7) is 0. The van der Waals surface area contributed by atoms with Crippen molar-refractivity contribution in [3.05, 3.63) is 218 Å². The van der Waals surface area contributed by atoms with Gasteiger partial charge in [-0.25, -0.2) is 9.97 Å². The Morgan fingerprint density at radius 2 is 0.887 bits per heavy atom. The molecule has 0 fully saturated rings. The second-order valence-corrected chi connectivity index (χ2v) is 16.7. The number of thiophene rings is 1. The van der Waals surface area contributed by atoms with Crippen LogP contribution >= 0.6 is 11.3 Å². The molecular weight excluding hydrogens is 773 g/mol. The van der Waals surface area contributed by atoms with Gasteiger partial charge in [0.2, 0.25) is 0 Å². The summed E-state index contributed by atoms with van der Waals surface area (Å²) in [5.74, 6) is 0.715. The van der Waals surface area contributed by atoms with Crippen LogP contribution in [-0.4, -0.2) is 9.97 Å². The lowest BCUT2D eigenvalue weighted by atomic mass is 9.84. The van der Waals surface area contributed by atoms with E-state index in [4.69, 9.17) is 14.4 Å². The third-order valence-corrected chi connectivity index (χ3v) is 13.1. The van der Waals surface area contributed by atoms with E-state index in [2.05, 4.69) is 206 Å². The number of hydrogen-bond acceptors (Lipinski definition) is 4. The highest BCUT2D eigenvalue weighted by Crippen LogP contribution is 2.46. The fourth-order valence-electron chi connectivity index (χ4n) is 8.92. The van der Waals surface area contributed by atoms with Gasteiger partial charge < -0.3 is 4.42 Å². The van der Waals surface area contributed by atoms with Crippen molar-refractivity contribution < 1.29 is 4.42 Å². The molecule has 290 valence electrons. The molecule has 4 heteroatoms. The zero-order chi connectivity index (χ0) is 41.0. The molecule has 12 rings (SSSR count). The Labute approximate surface area is 362 Å². The van der Waals surface area contributed by atoms with Crippen LogP contribution in [0.2, 0.25) is 0 Å². The number of nitrogens with zero attached hydrogens (tertiary/aromatic N) is 2. The summed E-state index contributed by atoms with van der Waals surface area (Å²) in [6, 6.07) is 77.7. The van der Waals surface area contributed by atoms with Crippen LogP contribution in [0.25, 0.3) is 121 Å². The number of fused-ring (bicyclic) bond motifs is 6. The van der Waals surface area contributed by atoms with Crippen molar-refractivity contribution in [1.82, 2.24) is 9.97 Å². The Morgan fingerprint density at radius 3 is 1.63 bits per heavy atom. The number of furan rings is 1. The van der Waals surface area contributed by atoms with E-state index in [0.29, 0.717) is 5.82 Å². The molecule has 0 saturated heterocycles. The van der Waals surface area contributed by atoms with Crippen molar-refractivity contribution in [3.63, 3.8) is 0 Å². The second-order valence-electron chi connectivity index (χ2n) is 15.7. The molecule has 3 nitrogen and oxygen atoms in total. The normalized spacial score (nSPS) is 11.5. The fraction of sp³-hybridized carbons (Fsp3) is 0. The fourth-order valence-corrected chi connectivity index (χ4v) is 10.1. The van der Waals surface area contributed by atoms with Gasteiger partial charge in [-0.15, -0.1) is 11.3 Å². The molecule has 0 amide bonds. The molecule has 0 spiro atoms. The van der Waals surface area contributed by atoms with Crippen molar-refractivity contribution in [2.75, 3.05) is 0 Å². The van der Waals surface area contributed by atoms with Crippen LogP contribution in [0.3, 0.4) is 0 Å². The lowest BCUT2D eigenvalue weighted by Crippen LogP contribution is -1.94. The molecular formula is C58H36N2OS. The number of para-hydroxylation sites is 1. The maximum absolute atomic E-state index is 6.29. The number of rotatable bonds is 7. The number of benzene rings is 9. The van der Waals surface area contributed by atoms with Crippen LogP contribution in [0.1, 0.15) is 0 Å². The summed E-state index contributed by atoms with van der Waals surface area (Å²) in [4.78, 5) is 10.6. The molecule has 3 heterocycles. The average Bonchev–Trinajstić information content (AvgIpc) is 3.92. The van der Waals surface area contributed by atoms with Gasteiger partial charge in [0.25, 0.3) is 0 Å². The smallest absolute Gasteiger partial charge is 0.160 e. The molecule has 62 heavy (non-hydrogen) atoms. The van der Waals surface area contributed by atoms with Crippen LogP contribution in [0.15, 0.2) is 223 Å². The summed E-state index contributed by atoms with van der Waals surface area (Å²) in [6.07, 6.45) is 0. The van der Waals surface area contributed by atoms with E-state index in [9.17, 15) is 0 Å². The maximum Gasteiger partial charge on any atom is 0.160 e. The molecule has 12 aromatic rings. The van der Waals surface area contributed by atoms with E-state index < -0.39 is 0 Å². The zero-order valence-electron chi connectivity index (χ0n) is 33.5. The van der Waals surface area contributed by atoms with E-state index in [1.54, 1.807) is 11.3 Å². The van der Waals surface area contributed by atoms with Crippen LogP contribution in [0, 0.1) is 0 Å². The van der Waals surface area contributed by atoms with Gasteiger partial charge in [0, 0.05) is 32.0 Å². The molecule has 0 unspecified atom stereocenters. The highest BCUT2D eigenvalue weighted by molar-refractivity contribution is 7.26. The molecule has 0 aliphatic heterocycles. The number of hydrogen-bond donors (Lipinski definition) is 0. The minimum atomic E-state index is 0.715. The maximum atomic E-state index is 6.29. The minimum absolute atomic E-state index is 0.715. The topological polar surface area (TPSA) is 38.9 Å². The van der Waals surface area contributed by atoms with Crippen molar-refractivity contribution in [1.29, 1.82) is 0 Å². The molecule has 0 radical (unpaired) electrons. The van der Waals surface area contributed by atoms with Crippen LogP contribution in [-0.2, 0) is 0 Å². The second kappa shape index (κ2) is 15.0.